The molecule has 1 fully saturated rings. The maximum absolute atomic E-state index is 12.8. The van der Waals surface area contributed by atoms with Gasteiger partial charge in [-0.05, 0) is 31.0 Å². The topological polar surface area (TPSA) is 63.4 Å². The van der Waals surface area contributed by atoms with Crippen LogP contribution in [-0.2, 0) is 10.0 Å². The molecule has 118 valence electrons. The molecule has 0 radical (unpaired) electrons. The van der Waals surface area contributed by atoms with Crippen molar-refractivity contribution in [3.63, 3.8) is 0 Å². The maximum Gasteiger partial charge on any atom is 0.393 e. The number of nitrogens with zero attached hydrogens (tertiary/aromatic N) is 1. The molecule has 0 amide bonds. The number of alkyl halides is 3. The van der Waals surface area contributed by atoms with Gasteiger partial charge in [-0.1, -0.05) is 11.6 Å². The Morgan fingerprint density at radius 2 is 2.00 bits per heavy atom. The fourth-order valence-electron chi connectivity index (χ4n) is 2.29. The summed E-state index contributed by atoms with van der Waals surface area (Å²) in [7, 11) is -4.06. The molecule has 2 rings (SSSR count). The van der Waals surface area contributed by atoms with Crippen LogP contribution in [0.25, 0.3) is 0 Å². The number of anilines is 1. The van der Waals surface area contributed by atoms with Crippen LogP contribution in [0.15, 0.2) is 23.1 Å². The quantitative estimate of drug-likeness (QED) is 0.840. The maximum atomic E-state index is 12.8. The van der Waals surface area contributed by atoms with Gasteiger partial charge in [0, 0.05) is 18.8 Å². The van der Waals surface area contributed by atoms with Crippen LogP contribution in [0.3, 0.4) is 0 Å². The highest BCUT2D eigenvalue weighted by molar-refractivity contribution is 7.89. The summed E-state index contributed by atoms with van der Waals surface area (Å²) in [5, 5.41) is -0.0934. The highest BCUT2D eigenvalue weighted by atomic mass is 35.5. The first kappa shape index (κ1) is 16.4. The lowest BCUT2D eigenvalue weighted by molar-refractivity contribution is -0.182. The summed E-state index contributed by atoms with van der Waals surface area (Å²) >= 11 is 5.85. The van der Waals surface area contributed by atoms with E-state index in [9.17, 15) is 21.6 Å². The fourth-order valence-corrected chi connectivity index (χ4v) is 4.34. The van der Waals surface area contributed by atoms with Gasteiger partial charge < -0.3 is 5.73 Å². The van der Waals surface area contributed by atoms with Gasteiger partial charge in [0.15, 0.2) is 0 Å². The van der Waals surface area contributed by atoms with Crippen LogP contribution in [0.4, 0.5) is 18.9 Å². The molecular weight excluding hydrogens is 329 g/mol. The smallest absolute Gasteiger partial charge is 0.393 e. The van der Waals surface area contributed by atoms with Gasteiger partial charge in [0.1, 0.15) is 4.90 Å². The second kappa shape index (κ2) is 5.66. The number of rotatable bonds is 2. The molecule has 1 aromatic rings. The third kappa shape index (κ3) is 3.44. The number of hydrogen-bond donors (Lipinski definition) is 1. The minimum atomic E-state index is -4.40. The Labute approximate surface area is 125 Å². The van der Waals surface area contributed by atoms with E-state index in [0.29, 0.717) is 0 Å². The fraction of sp³-hybridized carbons (Fsp3) is 0.500. The Balaban J connectivity index is 2.31. The molecule has 0 aromatic heterocycles. The molecule has 0 bridgehead atoms. The van der Waals surface area contributed by atoms with Crippen LogP contribution in [0.1, 0.15) is 12.8 Å². The number of sulfonamides is 1. The van der Waals surface area contributed by atoms with Crippen LogP contribution in [0, 0.1) is 5.92 Å². The summed E-state index contributed by atoms with van der Waals surface area (Å²) in [6.07, 6.45) is -4.31. The predicted molar refractivity (Wildman–Crippen MR) is 73.4 cm³/mol. The van der Waals surface area contributed by atoms with Crippen molar-refractivity contribution in [2.24, 2.45) is 5.92 Å². The standard InChI is InChI=1S/C12H14ClF3N2O2S/c13-10-6-9(17)3-4-11(10)21(19,20)18-5-1-2-8(7-18)12(14,15)16/h3-4,6,8H,1-2,5,7,17H2. The van der Waals surface area contributed by atoms with Crippen LogP contribution >= 0.6 is 11.6 Å². The van der Waals surface area contributed by atoms with E-state index in [-0.39, 0.29) is 35.0 Å². The van der Waals surface area contributed by atoms with Crippen molar-refractivity contribution in [3.8, 4) is 0 Å². The average Bonchev–Trinajstić information content (AvgIpc) is 2.37. The normalized spacial score (nSPS) is 21.4. The van der Waals surface area contributed by atoms with E-state index in [1.165, 1.54) is 18.2 Å². The molecule has 0 spiro atoms. The molecule has 2 N–H and O–H groups in total. The third-order valence-corrected chi connectivity index (χ3v) is 5.77. The molecule has 1 aliphatic heterocycles. The van der Waals surface area contributed by atoms with Gasteiger partial charge in [0.2, 0.25) is 10.0 Å². The predicted octanol–water partition coefficient (Wildman–Crippen LogP) is 2.89. The summed E-state index contributed by atoms with van der Waals surface area (Å²) < 4.78 is 64.0. The average molecular weight is 343 g/mol. The van der Waals surface area contributed by atoms with Crippen LogP contribution < -0.4 is 5.73 Å². The van der Waals surface area contributed by atoms with Crippen molar-refractivity contribution in [2.75, 3.05) is 18.8 Å². The number of nitrogen functional groups attached to an aromatic ring is 1. The van der Waals surface area contributed by atoms with Crippen molar-refractivity contribution < 1.29 is 21.6 Å². The van der Waals surface area contributed by atoms with E-state index in [1.54, 1.807) is 0 Å². The third-order valence-electron chi connectivity index (χ3n) is 3.42. The van der Waals surface area contributed by atoms with E-state index >= 15 is 0 Å². The second-order valence-electron chi connectivity index (χ2n) is 4.93. The first-order chi connectivity index (χ1) is 9.62. The van der Waals surface area contributed by atoms with Gasteiger partial charge in [0.25, 0.3) is 0 Å². The zero-order valence-electron chi connectivity index (χ0n) is 10.9. The molecule has 1 atom stereocenters. The number of piperidine rings is 1. The summed E-state index contributed by atoms with van der Waals surface area (Å²) in [6, 6.07) is 3.83. The van der Waals surface area contributed by atoms with Gasteiger partial charge in [0.05, 0.1) is 10.9 Å². The SMILES string of the molecule is Nc1ccc(S(=O)(=O)N2CCCC(C(F)(F)F)C2)c(Cl)c1. The molecule has 1 unspecified atom stereocenters. The van der Waals surface area contributed by atoms with Crippen LogP contribution in [0.5, 0.6) is 0 Å². The monoisotopic (exact) mass is 342 g/mol. The first-order valence-electron chi connectivity index (χ1n) is 6.24. The Bertz CT molecular complexity index is 634. The summed E-state index contributed by atoms with van der Waals surface area (Å²) in [4.78, 5) is -0.221. The molecule has 21 heavy (non-hydrogen) atoms. The molecular formula is C12H14ClF3N2O2S. The van der Waals surface area contributed by atoms with Gasteiger partial charge in [-0.2, -0.15) is 17.5 Å². The zero-order chi connectivity index (χ0) is 15.8. The molecule has 1 heterocycles. The van der Waals surface area contributed by atoms with Crippen molar-refractivity contribution in [2.45, 2.75) is 23.9 Å². The Kier molecular flexibility index (Phi) is 4.41. The minimum absolute atomic E-state index is 0.0512. The molecule has 0 aliphatic carbocycles. The van der Waals surface area contributed by atoms with Crippen molar-refractivity contribution in [3.05, 3.63) is 23.2 Å². The van der Waals surface area contributed by atoms with Crippen molar-refractivity contribution >= 4 is 27.3 Å². The van der Waals surface area contributed by atoms with Gasteiger partial charge in [-0.3, -0.25) is 0 Å². The van der Waals surface area contributed by atoms with Crippen LogP contribution in [0.2, 0.25) is 5.02 Å². The lowest BCUT2D eigenvalue weighted by Gasteiger charge is -2.33. The van der Waals surface area contributed by atoms with E-state index in [0.717, 1.165) is 4.31 Å². The summed E-state index contributed by atoms with van der Waals surface area (Å²) in [6.45, 7) is -0.526. The molecule has 1 aromatic carbocycles. The highest BCUT2D eigenvalue weighted by Crippen LogP contribution is 2.36. The molecule has 9 heteroatoms. The van der Waals surface area contributed by atoms with Crippen molar-refractivity contribution in [1.29, 1.82) is 0 Å². The Morgan fingerprint density at radius 3 is 2.57 bits per heavy atom. The van der Waals surface area contributed by atoms with Crippen molar-refractivity contribution in [1.82, 2.24) is 4.31 Å². The minimum Gasteiger partial charge on any atom is -0.399 e. The summed E-state index contributed by atoms with van der Waals surface area (Å²) in [5.74, 6) is -1.64. The number of halogens is 4. The zero-order valence-corrected chi connectivity index (χ0v) is 12.5. The first-order valence-corrected chi connectivity index (χ1v) is 8.06. The van der Waals surface area contributed by atoms with E-state index in [1.807, 2.05) is 0 Å². The van der Waals surface area contributed by atoms with Crippen LogP contribution in [-0.4, -0.2) is 32.0 Å². The lowest BCUT2D eigenvalue weighted by atomic mass is 9.99. The molecule has 0 saturated carbocycles. The van der Waals surface area contributed by atoms with E-state index < -0.39 is 28.7 Å². The van der Waals surface area contributed by atoms with Gasteiger partial charge in [-0.25, -0.2) is 8.42 Å². The number of nitrogens with two attached hydrogens (primary N) is 1. The number of benzene rings is 1. The van der Waals surface area contributed by atoms with Gasteiger partial charge in [-0.15, -0.1) is 0 Å². The Morgan fingerprint density at radius 1 is 1.33 bits per heavy atom. The Hall–Kier alpha value is -0.990. The molecule has 1 saturated heterocycles. The second-order valence-corrected chi connectivity index (χ2v) is 7.25. The highest BCUT2D eigenvalue weighted by Gasteiger charge is 2.44. The lowest BCUT2D eigenvalue weighted by Crippen LogP contribution is -2.44. The summed E-state index contributed by atoms with van der Waals surface area (Å²) in [5.41, 5.74) is 5.77. The largest absolute Gasteiger partial charge is 0.399 e. The number of hydrogen-bond acceptors (Lipinski definition) is 3. The van der Waals surface area contributed by atoms with E-state index in [4.69, 9.17) is 17.3 Å². The molecule has 1 aliphatic rings. The van der Waals surface area contributed by atoms with E-state index in [2.05, 4.69) is 0 Å². The van der Waals surface area contributed by atoms with Gasteiger partial charge >= 0.3 is 6.18 Å². The molecule has 4 nitrogen and oxygen atoms in total.